The summed E-state index contributed by atoms with van der Waals surface area (Å²) in [5, 5.41) is -0.394. The molecule has 0 radical (unpaired) electrons. The zero-order valence-corrected chi connectivity index (χ0v) is 14.6. The van der Waals surface area contributed by atoms with Crippen LogP contribution in [-0.4, -0.2) is 67.1 Å². The van der Waals surface area contributed by atoms with Crippen LogP contribution in [0.15, 0.2) is 24.5 Å². The minimum Gasteiger partial charge on any atom is -0.375 e. The van der Waals surface area contributed by atoms with Gasteiger partial charge in [-0.3, -0.25) is 9.78 Å². The summed E-state index contributed by atoms with van der Waals surface area (Å²) >= 11 is 0. The van der Waals surface area contributed by atoms with Crippen molar-refractivity contribution in [2.45, 2.75) is 24.6 Å². The molecule has 0 spiro atoms. The Morgan fingerprint density at radius 2 is 2.17 bits per heavy atom. The van der Waals surface area contributed by atoms with Crippen molar-refractivity contribution in [1.82, 2.24) is 14.2 Å². The first kappa shape index (κ1) is 17.3. The fourth-order valence-corrected chi connectivity index (χ4v) is 5.83. The molecule has 0 saturated carbocycles. The molecule has 1 aromatic heterocycles. The van der Waals surface area contributed by atoms with Gasteiger partial charge in [0, 0.05) is 45.7 Å². The molecule has 2 fully saturated rings. The highest BCUT2D eigenvalue weighted by Gasteiger charge is 2.47. The molecule has 0 aliphatic carbocycles. The van der Waals surface area contributed by atoms with Crippen LogP contribution in [0.2, 0.25) is 0 Å². The maximum absolute atomic E-state index is 12.9. The quantitative estimate of drug-likeness (QED) is 0.787. The van der Waals surface area contributed by atoms with E-state index in [4.69, 9.17) is 4.74 Å². The first-order valence-electron chi connectivity index (χ1n) is 8.17. The normalized spacial score (nSPS) is 26.8. The highest BCUT2D eigenvalue weighted by molar-refractivity contribution is 7.90. The number of aromatic nitrogens is 1. The number of carbonyl (C=O) groups excluding carboxylic acids is 1. The Hall–Kier alpha value is -1.51. The second-order valence-corrected chi connectivity index (χ2v) is 8.54. The number of hydrogen-bond donors (Lipinski definition) is 0. The summed E-state index contributed by atoms with van der Waals surface area (Å²) in [4.78, 5) is 17.7. The Morgan fingerprint density at radius 3 is 2.88 bits per heavy atom. The number of nitrogens with zero attached hydrogens (tertiary/aromatic N) is 3. The molecule has 2 aliphatic rings. The van der Waals surface area contributed by atoms with E-state index in [2.05, 4.69) is 4.98 Å². The third-order valence-corrected chi connectivity index (χ3v) is 7.25. The van der Waals surface area contributed by atoms with Crippen LogP contribution < -0.4 is 0 Å². The summed E-state index contributed by atoms with van der Waals surface area (Å²) in [5.74, 6) is 0.00843. The molecule has 132 valence electrons. The number of sulfonamides is 1. The van der Waals surface area contributed by atoms with Crippen LogP contribution >= 0.6 is 0 Å². The van der Waals surface area contributed by atoms with Gasteiger partial charge in [0.15, 0.2) is 0 Å². The molecule has 0 unspecified atom stereocenters. The van der Waals surface area contributed by atoms with Gasteiger partial charge in [0.25, 0.3) is 0 Å². The van der Waals surface area contributed by atoms with Crippen LogP contribution in [-0.2, 0) is 26.1 Å². The van der Waals surface area contributed by atoms with E-state index in [1.807, 2.05) is 12.1 Å². The van der Waals surface area contributed by atoms with Crippen LogP contribution in [0.3, 0.4) is 0 Å². The van der Waals surface area contributed by atoms with Crippen molar-refractivity contribution >= 4 is 15.9 Å². The monoisotopic (exact) mass is 353 g/mol. The molecular formula is C16H23N3O4S. The predicted octanol–water partition coefficient (Wildman–Crippen LogP) is 0.481. The van der Waals surface area contributed by atoms with E-state index < -0.39 is 15.3 Å². The maximum atomic E-state index is 12.9. The van der Waals surface area contributed by atoms with Gasteiger partial charge in [-0.05, 0) is 30.4 Å². The molecule has 0 aromatic carbocycles. The SMILES string of the molecule is COCC(=O)N1CC[C@@H]2CN(Cc3cccnc3)S(=O)(=O)[C@@H]2CC1. The molecule has 0 N–H and O–H groups in total. The van der Waals surface area contributed by atoms with Crippen molar-refractivity contribution in [3.63, 3.8) is 0 Å². The summed E-state index contributed by atoms with van der Waals surface area (Å²) in [6.45, 7) is 2.02. The zero-order valence-electron chi connectivity index (χ0n) is 13.8. The van der Waals surface area contributed by atoms with Gasteiger partial charge in [-0.15, -0.1) is 0 Å². The van der Waals surface area contributed by atoms with Crippen molar-refractivity contribution in [1.29, 1.82) is 0 Å². The molecule has 24 heavy (non-hydrogen) atoms. The molecule has 7 nitrogen and oxygen atoms in total. The summed E-state index contributed by atoms with van der Waals surface area (Å²) < 4.78 is 32.2. The average Bonchev–Trinajstić information content (AvgIpc) is 2.71. The Bertz CT molecular complexity index is 680. The lowest BCUT2D eigenvalue weighted by Crippen LogP contribution is -2.36. The topological polar surface area (TPSA) is 79.8 Å². The number of amides is 1. The number of hydrogen-bond acceptors (Lipinski definition) is 5. The predicted molar refractivity (Wildman–Crippen MR) is 88.5 cm³/mol. The van der Waals surface area contributed by atoms with Gasteiger partial charge in [-0.1, -0.05) is 6.07 Å². The van der Waals surface area contributed by atoms with Crippen molar-refractivity contribution < 1.29 is 17.9 Å². The fraction of sp³-hybridized carbons (Fsp3) is 0.625. The van der Waals surface area contributed by atoms with Crippen molar-refractivity contribution in [2.24, 2.45) is 5.92 Å². The standard InChI is InChI=1S/C16H23N3O4S/c1-23-12-16(20)18-7-4-14-11-19(10-13-3-2-6-17-9-13)24(21,22)15(14)5-8-18/h2-3,6,9,14-15H,4-5,7-8,10-12H2,1H3/t14-,15-/m1/s1. The number of ether oxygens (including phenoxy) is 1. The Labute approximate surface area is 142 Å². The van der Waals surface area contributed by atoms with Crippen LogP contribution in [0, 0.1) is 5.92 Å². The molecule has 8 heteroatoms. The Kier molecular flexibility index (Phi) is 5.17. The first-order chi connectivity index (χ1) is 11.5. The molecule has 2 saturated heterocycles. The lowest BCUT2D eigenvalue weighted by atomic mass is 10.0. The Morgan fingerprint density at radius 1 is 1.38 bits per heavy atom. The molecule has 2 atom stereocenters. The first-order valence-corrected chi connectivity index (χ1v) is 9.67. The highest BCUT2D eigenvalue weighted by Crippen LogP contribution is 2.35. The smallest absolute Gasteiger partial charge is 0.248 e. The van der Waals surface area contributed by atoms with Gasteiger partial charge in [-0.2, -0.15) is 4.31 Å². The molecule has 1 aromatic rings. The molecule has 1 amide bonds. The van der Waals surface area contributed by atoms with E-state index in [9.17, 15) is 13.2 Å². The average molecular weight is 353 g/mol. The molecule has 2 aliphatic heterocycles. The van der Waals surface area contributed by atoms with Crippen molar-refractivity contribution in [3.05, 3.63) is 30.1 Å². The van der Waals surface area contributed by atoms with Gasteiger partial charge < -0.3 is 9.64 Å². The van der Waals surface area contributed by atoms with E-state index in [0.29, 0.717) is 39.0 Å². The minimum atomic E-state index is -3.33. The third kappa shape index (κ3) is 3.45. The summed E-state index contributed by atoms with van der Waals surface area (Å²) in [5.41, 5.74) is 0.898. The molecule has 0 bridgehead atoms. The lowest BCUT2D eigenvalue weighted by molar-refractivity contribution is -0.135. The second-order valence-electron chi connectivity index (χ2n) is 6.39. The fourth-order valence-electron chi connectivity index (χ4n) is 3.61. The number of likely N-dealkylation sites (tertiary alicyclic amines) is 1. The van der Waals surface area contributed by atoms with Gasteiger partial charge >= 0.3 is 0 Å². The zero-order chi connectivity index (χ0) is 17.2. The van der Waals surface area contributed by atoms with E-state index in [1.54, 1.807) is 21.6 Å². The molecule has 3 heterocycles. The second kappa shape index (κ2) is 7.16. The van der Waals surface area contributed by atoms with Crippen LogP contribution in [0.4, 0.5) is 0 Å². The summed E-state index contributed by atoms with van der Waals surface area (Å²) in [6.07, 6.45) is 4.58. The number of pyridine rings is 1. The van der Waals surface area contributed by atoms with Crippen molar-refractivity contribution in [2.75, 3.05) is 33.4 Å². The molecule has 3 rings (SSSR count). The number of carbonyl (C=O) groups is 1. The van der Waals surface area contributed by atoms with E-state index in [-0.39, 0.29) is 18.4 Å². The van der Waals surface area contributed by atoms with E-state index in [0.717, 1.165) is 5.56 Å². The number of rotatable bonds is 4. The molecular weight excluding hydrogens is 330 g/mol. The van der Waals surface area contributed by atoms with Gasteiger partial charge in [0.05, 0.1) is 5.25 Å². The minimum absolute atomic E-state index is 0.0508. The van der Waals surface area contributed by atoms with Gasteiger partial charge in [-0.25, -0.2) is 8.42 Å². The third-order valence-electron chi connectivity index (χ3n) is 4.86. The van der Waals surface area contributed by atoms with Crippen LogP contribution in [0.1, 0.15) is 18.4 Å². The van der Waals surface area contributed by atoms with Crippen molar-refractivity contribution in [3.8, 4) is 0 Å². The van der Waals surface area contributed by atoms with E-state index >= 15 is 0 Å². The summed E-state index contributed by atoms with van der Waals surface area (Å²) in [7, 11) is -1.84. The Balaban J connectivity index is 1.69. The lowest BCUT2D eigenvalue weighted by Gasteiger charge is -2.21. The number of fused-ring (bicyclic) bond motifs is 1. The van der Waals surface area contributed by atoms with E-state index in [1.165, 1.54) is 7.11 Å². The van der Waals surface area contributed by atoms with Crippen LogP contribution in [0.5, 0.6) is 0 Å². The van der Waals surface area contributed by atoms with Gasteiger partial charge in [0.2, 0.25) is 15.9 Å². The van der Waals surface area contributed by atoms with Crippen LogP contribution in [0.25, 0.3) is 0 Å². The highest BCUT2D eigenvalue weighted by atomic mass is 32.2. The largest absolute Gasteiger partial charge is 0.375 e. The summed E-state index contributed by atoms with van der Waals surface area (Å²) in [6, 6.07) is 3.71. The van der Waals surface area contributed by atoms with Gasteiger partial charge in [0.1, 0.15) is 6.61 Å². The number of methoxy groups -OCH3 is 1. The maximum Gasteiger partial charge on any atom is 0.248 e.